The van der Waals surface area contributed by atoms with Gasteiger partial charge in [0.25, 0.3) is 0 Å². The molecular formula is C16H16ClN3O5S. The number of amides is 1. The van der Waals surface area contributed by atoms with Crippen molar-refractivity contribution in [1.29, 1.82) is 0 Å². The lowest BCUT2D eigenvalue weighted by Gasteiger charge is -2.21. The number of aliphatic carboxylic acids is 1. The molecule has 3 rings (SSSR count). The second kappa shape index (κ2) is 6.82. The highest BCUT2D eigenvalue weighted by atomic mass is 35.5. The Morgan fingerprint density at radius 2 is 2.12 bits per heavy atom. The molecule has 2 heterocycles. The van der Waals surface area contributed by atoms with Crippen molar-refractivity contribution in [3.8, 4) is 0 Å². The molecule has 0 bridgehead atoms. The van der Waals surface area contributed by atoms with E-state index < -0.39 is 34.0 Å². The van der Waals surface area contributed by atoms with E-state index in [0.29, 0.717) is 10.5 Å². The number of hydrogen-bond acceptors (Lipinski definition) is 5. The maximum atomic E-state index is 12.6. The Morgan fingerprint density at radius 3 is 2.81 bits per heavy atom. The molecule has 1 aromatic carbocycles. The van der Waals surface area contributed by atoms with E-state index in [1.54, 1.807) is 12.1 Å². The van der Waals surface area contributed by atoms with Crippen LogP contribution in [0.1, 0.15) is 13.3 Å². The lowest BCUT2D eigenvalue weighted by molar-refractivity contribution is -0.147. The average Bonchev–Trinajstić information content (AvgIpc) is 2.93. The Morgan fingerprint density at radius 1 is 1.38 bits per heavy atom. The molecule has 2 N–H and O–H groups in total. The number of carbonyl (C=O) groups excluding carboxylic acids is 1. The number of carboxylic acids is 1. The summed E-state index contributed by atoms with van der Waals surface area (Å²) in [6.07, 6.45) is 1.67. The summed E-state index contributed by atoms with van der Waals surface area (Å²) in [5.74, 6) is -1.68. The van der Waals surface area contributed by atoms with E-state index in [1.165, 1.54) is 25.3 Å². The average molecular weight is 398 g/mol. The fraction of sp³-hybridized carbons (Fsp3) is 0.312. The maximum absolute atomic E-state index is 12.6. The van der Waals surface area contributed by atoms with Gasteiger partial charge in [-0.15, -0.1) is 0 Å². The van der Waals surface area contributed by atoms with Crippen LogP contribution in [0.5, 0.6) is 0 Å². The van der Waals surface area contributed by atoms with Gasteiger partial charge in [-0.3, -0.25) is 4.79 Å². The number of rotatable bonds is 5. The van der Waals surface area contributed by atoms with Crippen molar-refractivity contribution in [1.82, 2.24) is 14.6 Å². The van der Waals surface area contributed by atoms with Crippen molar-refractivity contribution < 1.29 is 23.1 Å². The number of benzene rings is 1. The van der Waals surface area contributed by atoms with Crippen molar-refractivity contribution in [3.63, 3.8) is 0 Å². The fourth-order valence-corrected chi connectivity index (χ4v) is 4.27. The van der Waals surface area contributed by atoms with E-state index in [1.807, 2.05) is 0 Å². The van der Waals surface area contributed by atoms with Crippen LogP contribution in [0.15, 0.2) is 35.4 Å². The molecule has 1 aromatic heterocycles. The lowest BCUT2D eigenvalue weighted by atomic mass is 10.2. The number of hydrogen-bond donors (Lipinski definition) is 2. The molecule has 1 fully saturated rings. The first-order chi connectivity index (χ1) is 12.2. The zero-order valence-corrected chi connectivity index (χ0v) is 15.3. The molecule has 2 aromatic rings. The van der Waals surface area contributed by atoms with Gasteiger partial charge in [-0.05, 0) is 36.9 Å². The van der Waals surface area contributed by atoms with Gasteiger partial charge in [-0.1, -0.05) is 17.7 Å². The first-order valence-corrected chi connectivity index (χ1v) is 9.66. The third-order valence-corrected chi connectivity index (χ3v) is 6.01. The van der Waals surface area contributed by atoms with Gasteiger partial charge in [0.2, 0.25) is 15.9 Å². The largest absolute Gasteiger partial charge is 0.480 e. The first kappa shape index (κ1) is 18.6. The Balaban J connectivity index is 1.82. The Kier molecular flexibility index (Phi) is 4.87. The van der Waals surface area contributed by atoms with E-state index in [-0.39, 0.29) is 17.9 Å². The van der Waals surface area contributed by atoms with E-state index in [4.69, 9.17) is 16.7 Å². The molecule has 1 aliphatic heterocycles. The van der Waals surface area contributed by atoms with Crippen LogP contribution in [0, 0.1) is 0 Å². The van der Waals surface area contributed by atoms with E-state index in [0.717, 1.165) is 10.3 Å². The second-order valence-corrected chi connectivity index (χ2v) is 8.13. The Bertz CT molecular complexity index is 995. The predicted molar refractivity (Wildman–Crippen MR) is 94.3 cm³/mol. The number of nitrogens with zero attached hydrogens (tertiary/aromatic N) is 2. The van der Waals surface area contributed by atoms with Crippen LogP contribution in [0.2, 0.25) is 5.15 Å². The minimum atomic E-state index is -3.95. The number of sulfonamides is 1. The van der Waals surface area contributed by atoms with Gasteiger partial charge < -0.3 is 10.0 Å². The van der Waals surface area contributed by atoms with Crippen molar-refractivity contribution in [2.24, 2.45) is 0 Å². The van der Waals surface area contributed by atoms with Gasteiger partial charge in [0.05, 0.1) is 4.90 Å². The summed E-state index contributed by atoms with van der Waals surface area (Å²) in [7, 11) is -3.95. The predicted octanol–water partition coefficient (Wildman–Crippen LogP) is 1.24. The lowest BCUT2D eigenvalue weighted by Crippen LogP contribution is -2.46. The molecule has 10 heteroatoms. The van der Waals surface area contributed by atoms with E-state index in [2.05, 4.69) is 9.71 Å². The minimum absolute atomic E-state index is 0.00773. The van der Waals surface area contributed by atoms with Gasteiger partial charge >= 0.3 is 5.97 Å². The van der Waals surface area contributed by atoms with E-state index >= 15 is 0 Å². The molecule has 8 nitrogen and oxygen atoms in total. The van der Waals surface area contributed by atoms with Gasteiger partial charge in [0.1, 0.15) is 17.2 Å². The molecule has 1 aliphatic rings. The normalized spacial score (nSPS) is 19.1. The van der Waals surface area contributed by atoms with E-state index in [9.17, 15) is 18.0 Å². The van der Waals surface area contributed by atoms with Crippen LogP contribution in [-0.4, -0.2) is 53.9 Å². The highest BCUT2D eigenvalue weighted by Gasteiger charge is 2.39. The number of fused-ring (bicyclic) bond motifs is 1. The zero-order valence-electron chi connectivity index (χ0n) is 13.7. The standard InChI is InChI=1S/C16H16ClN3O5S/c1-9(16(22)23)20-5-4-13(15(20)21)19-26(24,25)12-3-2-10-7-14(17)18-8-11(10)6-12/h2-3,6-9,13,19H,4-5H2,1H3,(H,22,23)/t9-,13?/m1/s1. The third-order valence-electron chi connectivity index (χ3n) is 4.33. The van der Waals surface area contributed by atoms with Crippen LogP contribution in [0.4, 0.5) is 0 Å². The molecule has 2 atom stereocenters. The fourth-order valence-electron chi connectivity index (χ4n) is 2.84. The summed E-state index contributed by atoms with van der Waals surface area (Å²) in [4.78, 5) is 28.4. The Labute approximate surface area is 154 Å². The van der Waals surface area contributed by atoms with Crippen molar-refractivity contribution in [3.05, 3.63) is 35.6 Å². The number of nitrogens with one attached hydrogen (secondary N) is 1. The molecule has 1 amide bonds. The number of carboxylic acid groups (broad SMARTS) is 1. The first-order valence-electron chi connectivity index (χ1n) is 7.80. The highest BCUT2D eigenvalue weighted by molar-refractivity contribution is 7.89. The molecule has 0 saturated carbocycles. The third kappa shape index (κ3) is 3.50. The summed E-state index contributed by atoms with van der Waals surface area (Å²) in [6, 6.07) is 4.09. The second-order valence-electron chi connectivity index (χ2n) is 6.02. The SMILES string of the molecule is C[C@H](C(=O)O)N1CCC(NS(=O)(=O)c2ccc3cc(Cl)ncc3c2)C1=O. The molecule has 138 valence electrons. The summed E-state index contributed by atoms with van der Waals surface area (Å²) in [5, 5.41) is 10.7. The minimum Gasteiger partial charge on any atom is -0.480 e. The van der Waals surface area contributed by atoms with Crippen molar-refractivity contribution in [2.45, 2.75) is 30.3 Å². The van der Waals surface area contributed by atoms with Gasteiger partial charge in [-0.2, -0.15) is 4.72 Å². The number of carbonyl (C=O) groups is 2. The Hall–Kier alpha value is -2.23. The number of pyridine rings is 1. The summed E-state index contributed by atoms with van der Waals surface area (Å²) < 4.78 is 27.6. The number of aromatic nitrogens is 1. The van der Waals surface area contributed by atoms with Crippen LogP contribution >= 0.6 is 11.6 Å². The quantitative estimate of drug-likeness (QED) is 0.733. The van der Waals surface area contributed by atoms with Crippen molar-refractivity contribution >= 4 is 44.3 Å². The monoisotopic (exact) mass is 397 g/mol. The molecule has 0 aliphatic carbocycles. The number of likely N-dealkylation sites (tertiary alicyclic amines) is 1. The molecule has 0 spiro atoms. The van der Waals surface area contributed by atoms with Gasteiger partial charge in [0.15, 0.2) is 0 Å². The summed E-state index contributed by atoms with van der Waals surface area (Å²) in [5.41, 5.74) is 0. The molecule has 26 heavy (non-hydrogen) atoms. The van der Waals surface area contributed by atoms with Crippen LogP contribution in [-0.2, 0) is 19.6 Å². The molecule has 1 saturated heterocycles. The smallest absolute Gasteiger partial charge is 0.326 e. The van der Waals surface area contributed by atoms with Crippen LogP contribution < -0.4 is 4.72 Å². The van der Waals surface area contributed by atoms with Gasteiger partial charge in [0, 0.05) is 18.1 Å². The summed E-state index contributed by atoms with van der Waals surface area (Å²) in [6.45, 7) is 1.57. The maximum Gasteiger partial charge on any atom is 0.326 e. The summed E-state index contributed by atoms with van der Waals surface area (Å²) >= 11 is 5.81. The molecule has 1 unspecified atom stereocenters. The van der Waals surface area contributed by atoms with Crippen molar-refractivity contribution in [2.75, 3.05) is 6.54 Å². The van der Waals surface area contributed by atoms with Crippen LogP contribution in [0.3, 0.4) is 0 Å². The topological polar surface area (TPSA) is 117 Å². The molecule has 0 radical (unpaired) electrons. The number of halogens is 1. The van der Waals surface area contributed by atoms with Gasteiger partial charge in [-0.25, -0.2) is 18.2 Å². The van der Waals surface area contributed by atoms with Crippen LogP contribution in [0.25, 0.3) is 10.8 Å². The highest BCUT2D eigenvalue weighted by Crippen LogP contribution is 2.22. The zero-order chi connectivity index (χ0) is 19.1. The molecular weight excluding hydrogens is 382 g/mol.